The van der Waals surface area contributed by atoms with Crippen molar-refractivity contribution in [1.82, 2.24) is 9.97 Å². The fourth-order valence-corrected chi connectivity index (χ4v) is 1.54. The maximum atomic E-state index is 12.7. The molecule has 1 heterocycles. The van der Waals surface area contributed by atoms with Crippen LogP contribution in [0.3, 0.4) is 0 Å². The van der Waals surface area contributed by atoms with Crippen LogP contribution in [0.2, 0.25) is 0 Å². The molecule has 104 valence electrons. The van der Waals surface area contributed by atoms with Crippen molar-refractivity contribution in [3.63, 3.8) is 0 Å². The molecule has 5 nitrogen and oxygen atoms in total. The van der Waals surface area contributed by atoms with E-state index in [0.717, 1.165) is 12.1 Å². The molecular formula is C12H9F3N4O. The first-order valence-electron chi connectivity index (χ1n) is 5.43. The number of para-hydroxylation sites is 1. The van der Waals surface area contributed by atoms with Gasteiger partial charge in [-0.3, -0.25) is 10.1 Å². The summed E-state index contributed by atoms with van der Waals surface area (Å²) in [6.07, 6.45) is -1.85. The summed E-state index contributed by atoms with van der Waals surface area (Å²) in [5, 5.41) is 2.27. The third-order valence-electron chi connectivity index (χ3n) is 2.45. The Bertz CT molecular complexity index is 628. The predicted octanol–water partition coefficient (Wildman–Crippen LogP) is 2.33. The van der Waals surface area contributed by atoms with Crippen molar-refractivity contribution < 1.29 is 18.0 Å². The van der Waals surface area contributed by atoms with Crippen molar-refractivity contribution >= 4 is 17.5 Å². The number of alkyl halides is 3. The van der Waals surface area contributed by atoms with Crippen molar-refractivity contribution in [2.24, 2.45) is 0 Å². The summed E-state index contributed by atoms with van der Waals surface area (Å²) in [6, 6.07) is 4.65. The van der Waals surface area contributed by atoms with Crippen LogP contribution in [0.25, 0.3) is 0 Å². The zero-order chi connectivity index (χ0) is 14.8. The van der Waals surface area contributed by atoms with Crippen LogP contribution in [-0.2, 0) is 6.18 Å². The van der Waals surface area contributed by atoms with E-state index in [-0.39, 0.29) is 11.5 Å². The number of nitrogens with two attached hydrogens (primary N) is 1. The molecule has 8 heteroatoms. The first-order chi connectivity index (χ1) is 9.39. The molecule has 0 saturated carbocycles. The molecule has 0 aliphatic carbocycles. The van der Waals surface area contributed by atoms with E-state index in [1.165, 1.54) is 24.5 Å². The van der Waals surface area contributed by atoms with E-state index < -0.39 is 23.3 Å². The lowest BCUT2D eigenvalue weighted by atomic mass is 10.1. The van der Waals surface area contributed by atoms with Gasteiger partial charge in [0.2, 0.25) is 5.95 Å². The van der Waals surface area contributed by atoms with E-state index in [2.05, 4.69) is 15.3 Å². The molecular weight excluding hydrogens is 273 g/mol. The fourth-order valence-electron chi connectivity index (χ4n) is 1.54. The highest BCUT2D eigenvalue weighted by Crippen LogP contribution is 2.34. The van der Waals surface area contributed by atoms with Gasteiger partial charge in [0.25, 0.3) is 5.91 Å². The van der Waals surface area contributed by atoms with E-state index in [1.807, 2.05) is 0 Å². The zero-order valence-electron chi connectivity index (χ0n) is 9.98. The van der Waals surface area contributed by atoms with E-state index in [9.17, 15) is 18.0 Å². The molecule has 0 saturated heterocycles. The SMILES string of the molecule is Nc1c(C(=O)Nc2ncccn2)cccc1C(F)(F)F. The molecule has 0 bridgehead atoms. The molecule has 0 aliphatic heterocycles. The number of hydrogen-bond donors (Lipinski definition) is 2. The largest absolute Gasteiger partial charge is 0.418 e. The van der Waals surface area contributed by atoms with Crippen molar-refractivity contribution in [2.75, 3.05) is 11.1 Å². The number of benzene rings is 1. The minimum Gasteiger partial charge on any atom is -0.398 e. The lowest BCUT2D eigenvalue weighted by molar-refractivity contribution is -0.136. The van der Waals surface area contributed by atoms with E-state index in [1.54, 1.807) is 0 Å². The second-order valence-corrected chi connectivity index (χ2v) is 3.79. The predicted molar refractivity (Wildman–Crippen MR) is 65.8 cm³/mol. The number of nitrogen functional groups attached to an aromatic ring is 1. The Balaban J connectivity index is 2.32. The topological polar surface area (TPSA) is 80.9 Å². The standard InChI is InChI=1S/C12H9F3N4O/c13-12(14,15)8-4-1-3-7(9(8)16)10(20)19-11-17-5-2-6-18-11/h1-6H,16H2,(H,17,18,19,20). The molecule has 0 spiro atoms. The Labute approximate surface area is 111 Å². The number of rotatable bonds is 2. The van der Waals surface area contributed by atoms with Gasteiger partial charge in [-0.05, 0) is 18.2 Å². The molecule has 0 radical (unpaired) electrons. The Morgan fingerprint density at radius 1 is 1.15 bits per heavy atom. The number of aromatic nitrogens is 2. The molecule has 0 unspecified atom stereocenters. The highest BCUT2D eigenvalue weighted by atomic mass is 19.4. The summed E-state index contributed by atoms with van der Waals surface area (Å²) in [5.41, 5.74) is 3.43. The fraction of sp³-hybridized carbons (Fsp3) is 0.0833. The van der Waals surface area contributed by atoms with Gasteiger partial charge >= 0.3 is 6.18 Å². The summed E-state index contributed by atoms with van der Waals surface area (Å²) in [6.45, 7) is 0. The second-order valence-electron chi connectivity index (χ2n) is 3.79. The molecule has 0 atom stereocenters. The van der Waals surface area contributed by atoms with Crippen molar-refractivity contribution in [2.45, 2.75) is 6.18 Å². The summed E-state index contributed by atoms with van der Waals surface area (Å²) in [4.78, 5) is 19.4. The first kappa shape index (κ1) is 13.8. The third kappa shape index (κ3) is 2.85. The summed E-state index contributed by atoms with van der Waals surface area (Å²) >= 11 is 0. The van der Waals surface area contributed by atoms with Gasteiger partial charge in [0.05, 0.1) is 16.8 Å². The average molecular weight is 282 g/mol. The number of nitrogens with one attached hydrogen (secondary N) is 1. The monoisotopic (exact) mass is 282 g/mol. The van der Waals surface area contributed by atoms with Gasteiger partial charge in [-0.25, -0.2) is 9.97 Å². The molecule has 2 aromatic rings. The average Bonchev–Trinajstić information content (AvgIpc) is 2.38. The maximum Gasteiger partial charge on any atom is 0.418 e. The van der Waals surface area contributed by atoms with Crippen LogP contribution >= 0.6 is 0 Å². The second kappa shape index (κ2) is 5.16. The van der Waals surface area contributed by atoms with Gasteiger partial charge in [0.1, 0.15) is 0 Å². The van der Waals surface area contributed by atoms with Gasteiger partial charge in [-0.1, -0.05) is 6.07 Å². The Kier molecular flexibility index (Phi) is 3.55. The number of carbonyl (C=O) groups excluding carboxylic acids is 1. The van der Waals surface area contributed by atoms with E-state index in [4.69, 9.17) is 5.73 Å². The Hall–Kier alpha value is -2.64. The smallest absolute Gasteiger partial charge is 0.398 e. The van der Waals surface area contributed by atoms with Crippen LogP contribution < -0.4 is 11.1 Å². The third-order valence-corrected chi connectivity index (χ3v) is 2.45. The summed E-state index contributed by atoms with van der Waals surface area (Å²) in [7, 11) is 0. The molecule has 1 aromatic carbocycles. The molecule has 1 aromatic heterocycles. The Morgan fingerprint density at radius 3 is 2.40 bits per heavy atom. The van der Waals surface area contributed by atoms with Crippen molar-refractivity contribution in [3.8, 4) is 0 Å². The van der Waals surface area contributed by atoms with Crippen molar-refractivity contribution in [3.05, 3.63) is 47.8 Å². The number of anilines is 2. The number of amides is 1. The first-order valence-corrected chi connectivity index (χ1v) is 5.43. The lowest BCUT2D eigenvalue weighted by Crippen LogP contribution is -2.18. The van der Waals surface area contributed by atoms with Crippen molar-refractivity contribution in [1.29, 1.82) is 0 Å². The summed E-state index contributed by atoms with van der Waals surface area (Å²) in [5.74, 6) is -0.825. The quantitative estimate of drug-likeness (QED) is 0.828. The van der Waals surface area contributed by atoms with Gasteiger partial charge in [0.15, 0.2) is 0 Å². The van der Waals surface area contributed by atoms with Crippen LogP contribution in [0.1, 0.15) is 15.9 Å². The molecule has 0 aliphatic rings. The van der Waals surface area contributed by atoms with Crippen LogP contribution in [0.4, 0.5) is 24.8 Å². The van der Waals surface area contributed by atoms with Crippen LogP contribution in [0.5, 0.6) is 0 Å². The van der Waals surface area contributed by atoms with Gasteiger partial charge < -0.3 is 5.73 Å². The summed E-state index contributed by atoms with van der Waals surface area (Å²) < 4.78 is 38.0. The Morgan fingerprint density at radius 2 is 1.80 bits per heavy atom. The highest BCUT2D eigenvalue weighted by molar-refractivity contribution is 6.07. The number of nitrogens with zero attached hydrogens (tertiary/aromatic N) is 2. The van der Waals surface area contributed by atoms with Gasteiger partial charge in [-0.15, -0.1) is 0 Å². The molecule has 1 amide bonds. The highest BCUT2D eigenvalue weighted by Gasteiger charge is 2.34. The van der Waals surface area contributed by atoms with Crippen LogP contribution in [-0.4, -0.2) is 15.9 Å². The minimum absolute atomic E-state index is 0.0192. The molecule has 2 rings (SSSR count). The van der Waals surface area contributed by atoms with Crippen LogP contribution in [0.15, 0.2) is 36.7 Å². The minimum atomic E-state index is -4.62. The van der Waals surface area contributed by atoms with Gasteiger partial charge in [0, 0.05) is 12.4 Å². The van der Waals surface area contributed by atoms with Crippen LogP contribution in [0, 0.1) is 0 Å². The number of carbonyl (C=O) groups is 1. The molecule has 0 fully saturated rings. The van der Waals surface area contributed by atoms with Gasteiger partial charge in [-0.2, -0.15) is 13.2 Å². The number of halogens is 3. The molecule has 20 heavy (non-hydrogen) atoms. The normalized spacial score (nSPS) is 11.2. The molecule has 3 N–H and O–H groups in total. The number of hydrogen-bond acceptors (Lipinski definition) is 4. The lowest BCUT2D eigenvalue weighted by Gasteiger charge is -2.12. The zero-order valence-corrected chi connectivity index (χ0v) is 9.98. The maximum absolute atomic E-state index is 12.7. The van der Waals surface area contributed by atoms with E-state index in [0.29, 0.717) is 0 Å². The van der Waals surface area contributed by atoms with E-state index >= 15 is 0 Å².